The van der Waals surface area contributed by atoms with Crippen LogP contribution in [0.4, 0.5) is 5.82 Å². The van der Waals surface area contributed by atoms with Crippen LogP contribution < -0.4 is 10.5 Å². The third kappa shape index (κ3) is 3.81. The van der Waals surface area contributed by atoms with Crippen LogP contribution in [0.5, 0.6) is 0 Å². The summed E-state index contributed by atoms with van der Waals surface area (Å²) in [5, 5.41) is 14.3. The van der Waals surface area contributed by atoms with E-state index in [9.17, 15) is 13.2 Å². The van der Waals surface area contributed by atoms with Gasteiger partial charge in [0.2, 0.25) is 10.0 Å². The van der Waals surface area contributed by atoms with E-state index in [-0.39, 0.29) is 29.4 Å². The first kappa shape index (κ1) is 16.4. The van der Waals surface area contributed by atoms with Gasteiger partial charge in [0.1, 0.15) is 0 Å². The van der Waals surface area contributed by atoms with Gasteiger partial charge in [-0.2, -0.15) is 0 Å². The van der Waals surface area contributed by atoms with Crippen LogP contribution in [0.15, 0.2) is 14.8 Å². The molecule has 0 aliphatic heterocycles. The number of aromatic nitrogens is 2. The van der Waals surface area contributed by atoms with Crippen LogP contribution in [0.2, 0.25) is 0 Å². The predicted octanol–water partition coefficient (Wildman–Crippen LogP) is 0.170. The Balaban J connectivity index is 1.96. The summed E-state index contributed by atoms with van der Waals surface area (Å²) in [7, 11) is -3.81. The van der Waals surface area contributed by atoms with Crippen LogP contribution in [0.1, 0.15) is 16.5 Å². The van der Waals surface area contributed by atoms with Gasteiger partial charge in [0.25, 0.3) is 0 Å². The molecule has 0 fully saturated rings. The molecule has 4 N–H and O–H groups in total. The molecule has 0 aliphatic rings. The zero-order chi connectivity index (χ0) is 16.3. The Morgan fingerprint density at radius 1 is 1.55 bits per heavy atom. The van der Waals surface area contributed by atoms with E-state index in [0.717, 1.165) is 0 Å². The Hall–Kier alpha value is -1.98. The highest BCUT2D eigenvalue weighted by Gasteiger charge is 2.24. The number of carboxylic acids is 1. The lowest BCUT2D eigenvalue weighted by Gasteiger charge is -2.04. The number of rotatable bonds is 7. The van der Waals surface area contributed by atoms with E-state index in [4.69, 9.17) is 15.4 Å². The van der Waals surface area contributed by atoms with Crippen LogP contribution in [0.3, 0.4) is 0 Å². The highest BCUT2D eigenvalue weighted by Crippen LogP contribution is 2.21. The van der Waals surface area contributed by atoms with E-state index in [1.54, 1.807) is 5.38 Å². The number of nitrogens with zero attached hydrogens (tertiary/aromatic N) is 2. The van der Waals surface area contributed by atoms with Gasteiger partial charge >= 0.3 is 5.97 Å². The van der Waals surface area contributed by atoms with E-state index in [1.807, 2.05) is 0 Å². The first-order chi connectivity index (χ1) is 10.3. The fraction of sp³-hybridized carbons (Fsp3) is 0.364. The number of hydrogen-bond donors (Lipinski definition) is 3. The van der Waals surface area contributed by atoms with Crippen molar-refractivity contribution in [2.24, 2.45) is 0 Å². The van der Waals surface area contributed by atoms with Crippen LogP contribution in [0.25, 0.3) is 0 Å². The number of anilines is 1. The molecule has 11 heteroatoms. The van der Waals surface area contributed by atoms with Gasteiger partial charge in [-0.3, -0.25) is 4.79 Å². The van der Waals surface area contributed by atoms with E-state index < -0.39 is 16.0 Å². The maximum absolute atomic E-state index is 12.1. The average molecular weight is 346 g/mol. The molecule has 0 aromatic carbocycles. The van der Waals surface area contributed by atoms with Crippen molar-refractivity contribution in [3.63, 3.8) is 0 Å². The maximum Gasteiger partial charge on any atom is 0.309 e. The average Bonchev–Trinajstić information content (AvgIpc) is 2.96. The molecule has 2 aromatic rings. The van der Waals surface area contributed by atoms with Gasteiger partial charge in [0.05, 0.1) is 17.1 Å². The number of carbonyl (C=O) groups is 1. The SMILES string of the molecule is Cc1onc(N)c1S(=O)(=O)NCCc1nc(CC(=O)O)cs1. The minimum Gasteiger partial charge on any atom is -0.481 e. The number of nitrogens with one attached hydrogen (secondary N) is 1. The number of nitrogen functional groups attached to an aromatic ring is 1. The fourth-order valence-electron chi connectivity index (χ4n) is 1.77. The zero-order valence-corrected chi connectivity index (χ0v) is 13.2. The molecule has 0 radical (unpaired) electrons. The van der Waals surface area contributed by atoms with Crippen molar-refractivity contribution in [2.75, 3.05) is 12.3 Å². The fourth-order valence-corrected chi connectivity index (χ4v) is 3.81. The van der Waals surface area contributed by atoms with Crippen molar-refractivity contribution < 1.29 is 22.8 Å². The molecular formula is C11H14N4O5S2. The lowest BCUT2D eigenvalue weighted by molar-refractivity contribution is -0.136. The van der Waals surface area contributed by atoms with E-state index in [2.05, 4.69) is 14.9 Å². The number of aryl methyl sites for hydroxylation is 1. The highest BCUT2D eigenvalue weighted by atomic mass is 32.2. The summed E-state index contributed by atoms with van der Waals surface area (Å²) in [6.07, 6.45) is 0.187. The van der Waals surface area contributed by atoms with E-state index in [1.165, 1.54) is 18.3 Å². The molecule has 0 aliphatic carbocycles. The monoisotopic (exact) mass is 346 g/mol. The van der Waals surface area contributed by atoms with E-state index in [0.29, 0.717) is 17.1 Å². The van der Waals surface area contributed by atoms with E-state index >= 15 is 0 Å². The molecule has 0 amide bonds. The van der Waals surface area contributed by atoms with Crippen LogP contribution in [0, 0.1) is 6.92 Å². The van der Waals surface area contributed by atoms with Crippen molar-refractivity contribution >= 4 is 33.1 Å². The molecule has 0 saturated carbocycles. The molecular weight excluding hydrogens is 332 g/mol. The quantitative estimate of drug-likeness (QED) is 0.642. The predicted molar refractivity (Wildman–Crippen MR) is 78.0 cm³/mol. The summed E-state index contributed by atoms with van der Waals surface area (Å²) in [4.78, 5) is 14.5. The smallest absolute Gasteiger partial charge is 0.309 e. The third-order valence-electron chi connectivity index (χ3n) is 2.66. The van der Waals surface area contributed by atoms with Crippen LogP contribution in [-0.2, 0) is 27.7 Å². The first-order valence-electron chi connectivity index (χ1n) is 6.16. The number of carboxylic acid groups (broad SMARTS) is 1. The van der Waals surface area contributed by atoms with Gasteiger partial charge in [0, 0.05) is 18.3 Å². The van der Waals surface area contributed by atoms with Crippen molar-refractivity contribution in [3.05, 3.63) is 21.8 Å². The molecule has 2 aromatic heterocycles. The first-order valence-corrected chi connectivity index (χ1v) is 8.52. The van der Waals surface area contributed by atoms with Gasteiger partial charge in [-0.15, -0.1) is 11.3 Å². The summed E-state index contributed by atoms with van der Waals surface area (Å²) in [5.74, 6) is -1.04. The molecule has 0 atom stereocenters. The summed E-state index contributed by atoms with van der Waals surface area (Å²) in [6.45, 7) is 1.56. The van der Waals surface area contributed by atoms with Gasteiger partial charge in [-0.25, -0.2) is 18.1 Å². The van der Waals surface area contributed by atoms with Gasteiger partial charge in [-0.1, -0.05) is 5.16 Å². The minimum atomic E-state index is -3.81. The maximum atomic E-state index is 12.1. The number of hydrogen-bond acceptors (Lipinski definition) is 8. The Bertz CT molecular complexity index is 761. The molecule has 2 rings (SSSR count). The molecule has 2 heterocycles. The number of sulfonamides is 1. The second kappa shape index (κ2) is 6.42. The Morgan fingerprint density at radius 3 is 2.86 bits per heavy atom. The van der Waals surface area contributed by atoms with Crippen molar-refractivity contribution in [2.45, 2.75) is 24.7 Å². The Kier molecular flexibility index (Phi) is 4.78. The second-order valence-corrected chi connectivity index (χ2v) is 7.05. The van der Waals surface area contributed by atoms with Gasteiger partial charge < -0.3 is 15.4 Å². The molecule has 22 heavy (non-hydrogen) atoms. The minimum absolute atomic E-state index is 0.104. The molecule has 0 bridgehead atoms. The molecule has 9 nitrogen and oxygen atoms in total. The van der Waals surface area contributed by atoms with Crippen molar-refractivity contribution in [3.8, 4) is 0 Å². The number of aliphatic carboxylic acids is 1. The molecule has 120 valence electrons. The van der Waals surface area contributed by atoms with Crippen LogP contribution >= 0.6 is 11.3 Å². The Morgan fingerprint density at radius 2 is 2.27 bits per heavy atom. The highest BCUT2D eigenvalue weighted by molar-refractivity contribution is 7.89. The normalized spacial score (nSPS) is 11.7. The lowest BCUT2D eigenvalue weighted by atomic mass is 10.3. The number of thiazole rings is 1. The largest absolute Gasteiger partial charge is 0.481 e. The summed E-state index contributed by atoms with van der Waals surface area (Å²) < 4.78 is 31.3. The summed E-state index contributed by atoms with van der Waals surface area (Å²) in [6, 6.07) is 0. The lowest BCUT2D eigenvalue weighted by Crippen LogP contribution is -2.26. The van der Waals surface area contributed by atoms with Crippen molar-refractivity contribution in [1.82, 2.24) is 14.9 Å². The standard InChI is InChI=1S/C11H14N4O5S2/c1-6-10(11(12)15-20-6)22(18,19)13-3-2-8-14-7(5-21-8)4-9(16)17/h5,13H,2-4H2,1H3,(H2,12,15)(H,16,17). The second-order valence-electron chi connectivity index (χ2n) is 4.40. The molecule has 0 spiro atoms. The molecule has 0 unspecified atom stereocenters. The topological polar surface area (TPSA) is 148 Å². The Labute approximate surface area is 130 Å². The van der Waals surface area contributed by atoms with Gasteiger partial charge in [0.15, 0.2) is 16.5 Å². The summed E-state index contributed by atoms with van der Waals surface area (Å²) >= 11 is 1.28. The van der Waals surface area contributed by atoms with Crippen molar-refractivity contribution in [1.29, 1.82) is 0 Å². The third-order valence-corrected chi connectivity index (χ3v) is 5.24. The zero-order valence-electron chi connectivity index (χ0n) is 11.6. The number of nitrogens with two attached hydrogens (primary N) is 1. The van der Waals surface area contributed by atoms with Crippen LogP contribution in [-0.4, -0.2) is 36.2 Å². The summed E-state index contributed by atoms with van der Waals surface area (Å²) in [5.41, 5.74) is 5.92. The molecule has 0 saturated heterocycles. The van der Waals surface area contributed by atoms with Gasteiger partial charge in [-0.05, 0) is 6.92 Å².